The maximum atomic E-state index is 12.4. The molecule has 0 saturated carbocycles. The number of pyridine rings is 1. The summed E-state index contributed by atoms with van der Waals surface area (Å²) in [5.74, 6) is 0.0199. The number of rotatable bonds is 8. The molecule has 2 rings (SSSR count). The van der Waals surface area contributed by atoms with Gasteiger partial charge < -0.3 is 11.1 Å². The number of sulfonamides is 1. The van der Waals surface area contributed by atoms with Crippen LogP contribution in [0.3, 0.4) is 0 Å². The third-order valence-corrected chi connectivity index (χ3v) is 6.05. The summed E-state index contributed by atoms with van der Waals surface area (Å²) in [7, 11) is -2.41. The van der Waals surface area contributed by atoms with Crippen LogP contribution < -0.4 is 11.1 Å². The van der Waals surface area contributed by atoms with Crippen molar-refractivity contribution in [3.8, 4) is 0 Å². The molecule has 0 radical (unpaired) electrons. The lowest BCUT2D eigenvalue weighted by Crippen LogP contribution is -2.40. The molecular weight excluding hydrogens is 364 g/mol. The third kappa shape index (κ3) is 5.59. The van der Waals surface area contributed by atoms with Crippen molar-refractivity contribution in [2.45, 2.75) is 30.7 Å². The van der Waals surface area contributed by atoms with E-state index in [4.69, 9.17) is 5.73 Å². The molecule has 0 aliphatic carbocycles. The summed E-state index contributed by atoms with van der Waals surface area (Å²) in [5.41, 5.74) is 8.25. The van der Waals surface area contributed by atoms with Crippen LogP contribution in [-0.2, 0) is 14.8 Å². The first-order valence-electron chi connectivity index (χ1n) is 8.70. The summed E-state index contributed by atoms with van der Waals surface area (Å²) in [4.78, 5) is 16.0. The Balaban J connectivity index is 1.90. The number of nitrogens with zero attached hydrogens (tertiary/aromatic N) is 2. The van der Waals surface area contributed by atoms with Crippen LogP contribution in [0.2, 0.25) is 0 Å². The Morgan fingerprint density at radius 3 is 2.37 bits per heavy atom. The van der Waals surface area contributed by atoms with Gasteiger partial charge in [0, 0.05) is 32.0 Å². The maximum Gasteiger partial charge on any atom is 0.244 e. The molecule has 1 aromatic carbocycles. The molecule has 0 fully saturated rings. The van der Waals surface area contributed by atoms with Crippen molar-refractivity contribution in [2.75, 3.05) is 20.1 Å². The van der Waals surface area contributed by atoms with Crippen molar-refractivity contribution in [3.05, 3.63) is 59.9 Å². The molecule has 1 unspecified atom stereocenters. The van der Waals surface area contributed by atoms with E-state index < -0.39 is 15.9 Å². The number of aromatic nitrogens is 1. The Morgan fingerprint density at radius 2 is 1.81 bits per heavy atom. The van der Waals surface area contributed by atoms with Crippen LogP contribution in [0.25, 0.3) is 0 Å². The molecule has 146 valence electrons. The first kappa shape index (κ1) is 21.0. The van der Waals surface area contributed by atoms with Crippen LogP contribution in [0, 0.1) is 0 Å². The first-order valence-corrected chi connectivity index (χ1v) is 10.1. The second kappa shape index (κ2) is 9.07. The predicted octanol–water partition coefficient (Wildman–Crippen LogP) is 1.64. The molecule has 0 spiro atoms. The molecule has 0 aliphatic rings. The molecule has 7 nitrogen and oxygen atoms in total. The molecule has 3 N–H and O–H groups in total. The van der Waals surface area contributed by atoms with Gasteiger partial charge in [0.15, 0.2) is 0 Å². The zero-order chi connectivity index (χ0) is 20.0. The summed E-state index contributed by atoms with van der Waals surface area (Å²) < 4.78 is 25.8. The van der Waals surface area contributed by atoms with E-state index in [1.54, 1.807) is 0 Å². The van der Waals surface area contributed by atoms with Gasteiger partial charge >= 0.3 is 0 Å². The minimum Gasteiger partial charge on any atom is -0.353 e. The van der Waals surface area contributed by atoms with Gasteiger partial charge in [0.1, 0.15) is 4.90 Å². The van der Waals surface area contributed by atoms with Crippen LogP contribution in [0.5, 0.6) is 0 Å². The van der Waals surface area contributed by atoms with Crippen molar-refractivity contribution in [3.63, 3.8) is 0 Å². The van der Waals surface area contributed by atoms with E-state index >= 15 is 0 Å². The highest BCUT2D eigenvalue weighted by Gasteiger charge is 2.23. The number of hydrogen-bond donors (Lipinski definition) is 2. The lowest BCUT2D eigenvalue weighted by atomic mass is 9.99. The number of nitrogens with one attached hydrogen (secondary N) is 1. The van der Waals surface area contributed by atoms with E-state index in [2.05, 4.69) is 24.1 Å². The zero-order valence-electron chi connectivity index (χ0n) is 15.8. The number of amides is 1. The Bertz CT molecular complexity index is 852. The average molecular weight is 391 g/mol. The van der Waals surface area contributed by atoms with Gasteiger partial charge in [0.25, 0.3) is 0 Å². The van der Waals surface area contributed by atoms with Crippen LogP contribution in [-0.4, -0.2) is 43.8 Å². The fourth-order valence-corrected chi connectivity index (χ4v) is 3.58. The second-order valence-electron chi connectivity index (χ2n) is 6.68. The van der Waals surface area contributed by atoms with Gasteiger partial charge in [-0.05, 0) is 29.2 Å². The van der Waals surface area contributed by atoms with Crippen LogP contribution in [0.1, 0.15) is 36.9 Å². The van der Waals surface area contributed by atoms with Crippen molar-refractivity contribution in [2.24, 2.45) is 5.73 Å². The molecule has 8 heteroatoms. The quantitative estimate of drug-likeness (QED) is 0.713. The predicted molar refractivity (Wildman–Crippen MR) is 105 cm³/mol. The first-order chi connectivity index (χ1) is 12.7. The minimum absolute atomic E-state index is 0.0437. The van der Waals surface area contributed by atoms with E-state index in [1.807, 2.05) is 24.3 Å². The number of hydrogen-bond acceptors (Lipinski definition) is 5. The molecular formula is C19H26N4O3S. The van der Waals surface area contributed by atoms with Gasteiger partial charge in [0.05, 0.1) is 6.54 Å². The fourth-order valence-electron chi connectivity index (χ4n) is 2.49. The summed E-state index contributed by atoms with van der Waals surface area (Å²) in [6.45, 7) is 4.16. The molecule has 1 heterocycles. The second-order valence-corrected chi connectivity index (χ2v) is 8.73. The Kier molecular flexibility index (Phi) is 7.06. The number of carbonyl (C=O) groups is 1. The van der Waals surface area contributed by atoms with Crippen molar-refractivity contribution >= 4 is 15.9 Å². The van der Waals surface area contributed by atoms with E-state index in [1.165, 1.54) is 37.1 Å². The SMILES string of the molecule is CC(C)c1ccc(C(N)CNC(=O)CN(C)S(=O)(=O)c2cccnc2)cc1. The van der Waals surface area contributed by atoms with Crippen LogP contribution in [0.15, 0.2) is 53.7 Å². The van der Waals surface area contributed by atoms with Gasteiger partial charge in [-0.1, -0.05) is 38.1 Å². The molecule has 2 aromatic rings. The Labute approximate surface area is 160 Å². The average Bonchev–Trinajstić information content (AvgIpc) is 2.66. The smallest absolute Gasteiger partial charge is 0.244 e. The Hall–Kier alpha value is -2.29. The summed E-state index contributed by atoms with van der Waals surface area (Å²) in [5, 5.41) is 2.69. The number of likely N-dealkylation sites (N-methyl/N-ethyl adjacent to an activating group) is 1. The highest BCUT2D eigenvalue weighted by atomic mass is 32.2. The Morgan fingerprint density at radius 1 is 1.19 bits per heavy atom. The van der Waals surface area contributed by atoms with E-state index in [-0.39, 0.29) is 24.0 Å². The van der Waals surface area contributed by atoms with E-state index in [0.717, 1.165) is 9.87 Å². The molecule has 1 amide bonds. The largest absolute Gasteiger partial charge is 0.353 e. The normalized spacial score (nSPS) is 13.0. The van der Waals surface area contributed by atoms with Gasteiger partial charge in [0.2, 0.25) is 15.9 Å². The summed E-state index contributed by atoms with van der Waals surface area (Å²) in [6.07, 6.45) is 2.74. The lowest BCUT2D eigenvalue weighted by molar-refractivity contribution is -0.121. The molecule has 27 heavy (non-hydrogen) atoms. The molecule has 1 atom stereocenters. The van der Waals surface area contributed by atoms with Crippen LogP contribution in [0.4, 0.5) is 0 Å². The maximum absolute atomic E-state index is 12.4. The van der Waals surface area contributed by atoms with Gasteiger partial charge in [-0.2, -0.15) is 4.31 Å². The van der Waals surface area contributed by atoms with Gasteiger partial charge in [-0.3, -0.25) is 9.78 Å². The van der Waals surface area contributed by atoms with Gasteiger partial charge in [-0.15, -0.1) is 0 Å². The van der Waals surface area contributed by atoms with E-state index in [0.29, 0.717) is 5.92 Å². The minimum atomic E-state index is -3.76. The third-order valence-electron chi connectivity index (χ3n) is 4.26. The summed E-state index contributed by atoms with van der Waals surface area (Å²) in [6, 6.07) is 10.6. The topological polar surface area (TPSA) is 105 Å². The monoisotopic (exact) mass is 390 g/mol. The molecule has 0 saturated heterocycles. The highest BCUT2D eigenvalue weighted by Crippen LogP contribution is 2.17. The number of benzene rings is 1. The van der Waals surface area contributed by atoms with Crippen LogP contribution >= 0.6 is 0 Å². The standard InChI is InChI=1S/C19H26N4O3S/c1-14(2)15-6-8-16(9-7-15)18(20)12-22-19(24)13-23(3)27(25,26)17-5-4-10-21-11-17/h4-11,14,18H,12-13,20H2,1-3H3,(H,22,24). The number of nitrogens with two attached hydrogens (primary N) is 1. The molecule has 0 bridgehead atoms. The van der Waals surface area contributed by atoms with Gasteiger partial charge in [-0.25, -0.2) is 8.42 Å². The number of carbonyl (C=O) groups excluding carboxylic acids is 1. The molecule has 1 aromatic heterocycles. The zero-order valence-corrected chi connectivity index (χ0v) is 16.6. The summed E-state index contributed by atoms with van der Waals surface area (Å²) >= 11 is 0. The lowest BCUT2D eigenvalue weighted by Gasteiger charge is -2.18. The van der Waals surface area contributed by atoms with E-state index in [9.17, 15) is 13.2 Å². The van der Waals surface area contributed by atoms with Crippen molar-refractivity contribution in [1.29, 1.82) is 0 Å². The van der Waals surface area contributed by atoms with Crippen molar-refractivity contribution in [1.82, 2.24) is 14.6 Å². The van der Waals surface area contributed by atoms with Crippen molar-refractivity contribution < 1.29 is 13.2 Å². The molecule has 0 aliphatic heterocycles. The fraction of sp³-hybridized carbons (Fsp3) is 0.368. The highest BCUT2D eigenvalue weighted by molar-refractivity contribution is 7.89.